The molecule has 2 heterocycles. The molecule has 0 amide bonds. The predicted octanol–water partition coefficient (Wildman–Crippen LogP) is 4.25. The highest BCUT2D eigenvalue weighted by Gasteiger charge is 2.29. The number of nitrogens with zero attached hydrogens (tertiary/aromatic N) is 1. The van der Waals surface area contributed by atoms with Gasteiger partial charge in [0.05, 0.1) is 9.77 Å². The van der Waals surface area contributed by atoms with Crippen LogP contribution in [0.5, 0.6) is 0 Å². The van der Waals surface area contributed by atoms with E-state index in [0.717, 1.165) is 15.3 Å². The number of fused-ring (bicyclic) bond motifs is 1. The van der Waals surface area contributed by atoms with Crippen LogP contribution in [0.1, 0.15) is 4.88 Å². The average Bonchev–Trinajstić information content (AvgIpc) is 2.88. The van der Waals surface area contributed by atoms with Crippen LogP contribution in [0.4, 0.5) is 4.79 Å². The van der Waals surface area contributed by atoms with Crippen molar-refractivity contribution < 1.29 is 19.7 Å². The molecule has 0 atom stereocenters. The fourth-order valence-corrected chi connectivity index (χ4v) is 4.14. The maximum Gasteiger partial charge on any atom is 0.512 e. The van der Waals surface area contributed by atoms with Crippen LogP contribution in [0.3, 0.4) is 0 Å². The second-order valence-electron chi connectivity index (χ2n) is 4.28. The molecule has 5 nitrogen and oxygen atoms in total. The maximum absolute atomic E-state index is 10.7. The van der Waals surface area contributed by atoms with Crippen LogP contribution in [0, 0.1) is 0 Å². The van der Waals surface area contributed by atoms with Crippen LogP contribution in [0.2, 0.25) is 0 Å². The highest BCUT2D eigenvalue weighted by molar-refractivity contribution is 7.97. The zero-order valence-corrected chi connectivity index (χ0v) is 12.6. The molecule has 3 rings (SSSR count). The highest BCUT2D eigenvalue weighted by Crippen LogP contribution is 2.46. The summed E-state index contributed by atoms with van der Waals surface area (Å²) in [5.41, 5.74) is 1.05. The van der Waals surface area contributed by atoms with E-state index in [9.17, 15) is 9.90 Å². The summed E-state index contributed by atoms with van der Waals surface area (Å²) < 4.78 is 6.14. The van der Waals surface area contributed by atoms with E-state index in [4.69, 9.17) is 5.11 Å². The number of carboxylic acid groups (broad SMARTS) is 1. The molecular weight excluding hydrogens is 310 g/mol. The molecule has 0 saturated heterocycles. The second-order valence-corrected chi connectivity index (χ2v) is 6.50. The Morgan fingerprint density at radius 1 is 1.29 bits per heavy atom. The summed E-state index contributed by atoms with van der Waals surface area (Å²) in [6, 6.07) is 11.8. The molecule has 0 aliphatic carbocycles. The minimum Gasteiger partial charge on any atom is -0.502 e. The largest absolute Gasteiger partial charge is 0.512 e. The zero-order valence-electron chi connectivity index (χ0n) is 10.9. The number of rotatable bonds is 2. The fraction of sp³-hybridized carbons (Fsp3) is 0.0714. The normalized spacial score (nSPS) is 14.0. The van der Waals surface area contributed by atoms with E-state index in [1.54, 1.807) is 7.05 Å². The maximum atomic E-state index is 10.7. The number of carbonyl (C=O) groups is 1. The fourth-order valence-electron chi connectivity index (χ4n) is 1.98. The predicted molar refractivity (Wildman–Crippen MR) is 82.0 cm³/mol. The molecule has 1 aliphatic heterocycles. The third-order valence-corrected chi connectivity index (χ3v) is 5.16. The standard InChI is InChI=1S/C14H11NO4S2/c1-15-13(19-14(17)18)11(16)12-10(21-15)7-9(20-12)8-5-3-2-4-6-8/h2-7,16H,1H3,(H,17,18). The molecule has 2 N–H and O–H groups in total. The molecule has 0 saturated carbocycles. The first-order valence-electron chi connectivity index (χ1n) is 6.01. The smallest absolute Gasteiger partial charge is 0.502 e. The molecule has 2 aromatic rings. The third-order valence-electron chi connectivity index (χ3n) is 2.88. The van der Waals surface area contributed by atoms with Gasteiger partial charge in [0.25, 0.3) is 5.88 Å². The van der Waals surface area contributed by atoms with Crippen molar-refractivity contribution in [3.8, 4) is 10.4 Å². The SMILES string of the molecule is CN1Sc2cc(-c3ccccc3)sc2C(O)=C1OC(=O)O. The molecule has 0 bridgehead atoms. The van der Waals surface area contributed by atoms with E-state index in [-0.39, 0.29) is 11.6 Å². The lowest BCUT2D eigenvalue weighted by Crippen LogP contribution is -2.19. The van der Waals surface area contributed by atoms with E-state index >= 15 is 0 Å². The summed E-state index contributed by atoms with van der Waals surface area (Å²) in [5.74, 6) is -0.220. The van der Waals surface area contributed by atoms with Gasteiger partial charge in [-0.15, -0.1) is 11.3 Å². The van der Waals surface area contributed by atoms with Crippen molar-refractivity contribution in [3.05, 3.63) is 47.2 Å². The van der Waals surface area contributed by atoms with Gasteiger partial charge < -0.3 is 14.9 Å². The van der Waals surface area contributed by atoms with Crippen LogP contribution in [0.15, 0.2) is 47.2 Å². The average molecular weight is 321 g/mol. The van der Waals surface area contributed by atoms with Gasteiger partial charge in [-0.05, 0) is 23.6 Å². The summed E-state index contributed by atoms with van der Waals surface area (Å²) in [4.78, 5) is 13.2. The van der Waals surface area contributed by atoms with E-state index in [0.29, 0.717) is 4.88 Å². The summed E-state index contributed by atoms with van der Waals surface area (Å²) >= 11 is 2.72. The van der Waals surface area contributed by atoms with Gasteiger partial charge in [0.1, 0.15) is 0 Å². The van der Waals surface area contributed by atoms with Crippen molar-refractivity contribution in [3.63, 3.8) is 0 Å². The van der Waals surface area contributed by atoms with Gasteiger partial charge in [-0.1, -0.05) is 30.3 Å². The van der Waals surface area contributed by atoms with Crippen molar-refractivity contribution in [2.75, 3.05) is 7.05 Å². The minimum absolute atomic E-state index is 0.0681. The first-order valence-corrected chi connectivity index (χ1v) is 7.60. The minimum atomic E-state index is -1.45. The number of benzene rings is 1. The first kappa shape index (κ1) is 13.8. The molecule has 21 heavy (non-hydrogen) atoms. The van der Waals surface area contributed by atoms with Crippen LogP contribution in [-0.2, 0) is 4.74 Å². The Kier molecular flexibility index (Phi) is 3.52. The van der Waals surface area contributed by atoms with Crippen LogP contribution < -0.4 is 0 Å². The van der Waals surface area contributed by atoms with Gasteiger partial charge >= 0.3 is 6.16 Å². The third kappa shape index (κ3) is 2.57. The van der Waals surface area contributed by atoms with Crippen molar-refractivity contribution >= 4 is 35.2 Å². The lowest BCUT2D eigenvalue weighted by molar-refractivity contribution is 0.104. The molecule has 1 aromatic carbocycles. The Labute approximate surface area is 129 Å². The summed E-state index contributed by atoms with van der Waals surface area (Å²) in [5, 5.41) is 19.0. The highest BCUT2D eigenvalue weighted by atomic mass is 32.2. The zero-order chi connectivity index (χ0) is 15.0. The molecule has 0 fully saturated rings. The van der Waals surface area contributed by atoms with Crippen LogP contribution in [0.25, 0.3) is 16.2 Å². The number of aliphatic hydroxyl groups is 1. The molecule has 0 unspecified atom stereocenters. The van der Waals surface area contributed by atoms with Gasteiger partial charge in [0.15, 0.2) is 5.76 Å². The van der Waals surface area contributed by atoms with Gasteiger partial charge in [-0.25, -0.2) is 4.79 Å². The summed E-state index contributed by atoms with van der Waals surface area (Å²) in [6.45, 7) is 0. The summed E-state index contributed by atoms with van der Waals surface area (Å²) in [6.07, 6.45) is -1.45. The summed E-state index contributed by atoms with van der Waals surface area (Å²) in [7, 11) is 1.64. The van der Waals surface area contributed by atoms with E-state index in [1.165, 1.54) is 27.6 Å². The number of ether oxygens (including phenoxy) is 1. The van der Waals surface area contributed by atoms with Crippen molar-refractivity contribution in [1.82, 2.24) is 4.31 Å². The molecule has 7 heteroatoms. The lowest BCUT2D eigenvalue weighted by Gasteiger charge is -2.24. The number of aliphatic hydroxyl groups excluding tert-OH is 1. The van der Waals surface area contributed by atoms with Gasteiger partial charge in [0.2, 0.25) is 0 Å². The van der Waals surface area contributed by atoms with Gasteiger partial charge in [-0.2, -0.15) is 0 Å². The molecular formula is C14H11NO4S2. The Hall–Kier alpha value is -2.12. The molecule has 1 aliphatic rings. The van der Waals surface area contributed by atoms with Crippen molar-refractivity contribution in [2.45, 2.75) is 4.90 Å². The van der Waals surface area contributed by atoms with E-state index in [2.05, 4.69) is 4.74 Å². The van der Waals surface area contributed by atoms with Gasteiger partial charge in [-0.3, -0.25) is 4.31 Å². The Morgan fingerprint density at radius 3 is 2.67 bits per heavy atom. The topological polar surface area (TPSA) is 70.0 Å². The van der Waals surface area contributed by atoms with Gasteiger partial charge in [0, 0.05) is 11.9 Å². The Balaban J connectivity index is 2.05. The number of hydrogen-bond donors (Lipinski definition) is 2. The molecule has 108 valence electrons. The molecule has 1 aromatic heterocycles. The van der Waals surface area contributed by atoms with Crippen LogP contribution in [-0.4, -0.2) is 27.7 Å². The monoisotopic (exact) mass is 321 g/mol. The van der Waals surface area contributed by atoms with E-state index < -0.39 is 6.16 Å². The Morgan fingerprint density at radius 2 is 2.00 bits per heavy atom. The lowest BCUT2D eigenvalue weighted by atomic mass is 10.2. The second kappa shape index (κ2) is 5.34. The molecule has 0 spiro atoms. The molecule has 0 radical (unpaired) electrons. The van der Waals surface area contributed by atoms with Crippen LogP contribution >= 0.6 is 23.3 Å². The quantitative estimate of drug-likeness (QED) is 0.636. The van der Waals surface area contributed by atoms with Crippen molar-refractivity contribution in [2.24, 2.45) is 0 Å². The number of thiophene rings is 1. The Bertz CT molecular complexity index is 724. The van der Waals surface area contributed by atoms with E-state index in [1.807, 2.05) is 36.4 Å². The first-order chi connectivity index (χ1) is 10.1. The number of hydrogen-bond acceptors (Lipinski definition) is 6. The van der Waals surface area contributed by atoms with Crippen molar-refractivity contribution in [1.29, 1.82) is 0 Å².